The lowest BCUT2D eigenvalue weighted by Crippen LogP contribution is -2.40. The van der Waals surface area contributed by atoms with Crippen LogP contribution in [0.3, 0.4) is 0 Å². The molecule has 0 bridgehead atoms. The lowest BCUT2D eigenvalue weighted by atomic mass is 9.92. The Morgan fingerprint density at radius 2 is 2.21 bits per heavy atom. The first-order valence-electron chi connectivity index (χ1n) is 4.21. The predicted octanol–water partition coefficient (Wildman–Crippen LogP) is 0.682. The molecule has 5 heteroatoms. The van der Waals surface area contributed by atoms with Gasteiger partial charge in [-0.15, -0.1) is 0 Å². The van der Waals surface area contributed by atoms with E-state index in [-0.39, 0.29) is 4.32 Å². The van der Waals surface area contributed by atoms with Gasteiger partial charge in [0.2, 0.25) is 0 Å². The molecular weight excluding hydrogens is 244 g/mol. The number of aliphatic imine (C=N–C) groups is 1. The van der Waals surface area contributed by atoms with Crippen molar-refractivity contribution in [3.8, 4) is 0 Å². The number of hydrogen-bond acceptors (Lipinski definition) is 4. The molecule has 0 saturated heterocycles. The monoisotopic (exact) mass is 254 g/mol. The zero-order valence-electron chi connectivity index (χ0n) is 7.71. The van der Waals surface area contributed by atoms with Crippen LogP contribution in [-0.4, -0.2) is 10.3 Å². The van der Waals surface area contributed by atoms with Crippen LogP contribution < -0.4 is 16.8 Å². The summed E-state index contributed by atoms with van der Waals surface area (Å²) in [4.78, 5) is 4.00. The highest BCUT2D eigenvalue weighted by molar-refractivity contribution is 9.10. The molecule has 0 aromatic rings. The number of guanidine groups is 1. The molecule has 14 heavy (non-hydrogen) atoms. The first-order chi connectivity index (χ1) is 6.50. The van der Waals surface area contributed by atoms with E-state index in [0.29, 0.717) is 11.8 Å². The maximum absolute atomic E-state index is 5.82. The Morgan fingerprint density at radius 1 is 1.50 bits per heavy atom. The van der Waals surface area contributed by atoms with Crippen LogP contribution in [0.4, 0.5) is 0 Å². The summed E-state index contributed by atoms with van der Waals surface area (Å²) in [6.45, 7) is 2.01. The first kappa shape index (κ1) is 9.33. The summed E-state index contributed by atoms with van der Waals surface area (Å²) in [5, 5.41) is 2.97. The molecule has 0 fully saturated rings. The van der Waals surface area contributed by atoms with Crippen molar-refractivity contribution >= 4 is 21.9 Å². The van der Waals surface area contributed by atoms with Gasteiger partial charge in [-0.25, -0.2) is 0 Å². The molecule has 74 valence electrons. The molecule has 1 aliphatic heterocycles. The van der Waals surface area contributed by atoms with Gasteiger partial charge in [0, 0.05) is 11.3 Å². The Morgan fingerprint density at radius 3 is 2.93 bits per heavy atom. The molecule has 0 saturated carbocycles. The van der Waals surface area contributed by atoms with Crippen LogP contribution >= 0.6 is 15.9 Å². The van der Waals surface area contributed by atoms with E-state index in [9.17, 15) is 0 Å². The second-order valence-electron chi connectivity index (χ2n) is 3.40. The van der Waals surface area contributed by atoms with Gasteiger partial charge in [0.1, 0.15) is 5.82 Å². The number of fused-ring (bicyclic) bond motifs is 1. The van der Waals surface area contributed by atoms with Gasteiger partial charge in [-0.2, -0.15) is 4.99 Å². The number of allylic oxidation sites excluding steroid dienone is 4. The normalized spacial score (nSPS) is 30.4. The van der Waals surface area contributed by atoms with E-state index in [2.05, 4.69) is 26.2 Å². The average molecular weight is 255 g/mol. The molecule has 1 aliphatic carbocycles. The van der Waals surface area contributed by atoms with Crippen LogP contribution in [0.5, 0.6) is 0 Å². The zero-order chi connectivity index (χ0) is 10.3. The third-order valence-electron chi connectivity index (χ3n) is 2.19. The predicted molar refractivity (Wildman–Crippen MR) is 60.5 cm³/mol. The van der Waals surface area contributed by atoms with Crippen molar-refractivity contribution in [3.63, 3.8) is 0 Å². The summed E-state index contributed by atoms with van der Waals surface area (Å²) in [5.41, 5.74) is 13.2. The van der Waals surface area contributed by atoms with Gasteiger partial charge >= 0.3 is 0 Å². The molecule has 1 atom stereocenters. The fourth-order valence-electron chi connectivity index (χ4n) is 1.60. The summed E-state index contributed by atoms with van der Waals surface area (Å²) in [6.07, 6.45) is 5.89. The molecular formula is C9H11BrN4. The van der Waals surface area contributed by atoms with E-state index >= 15 is 0 Å². The number of hydrogen-bond donors (Lipinski definition) is 3. The standard InChI is InChI=1S/C9H11BrN4/c1-9(10)4-2-3-5-6(9)7(11)14-8(12)13-5/h2-4H,11H2,1H3,(H3,12,13,14). The van der Waals surface area contributed by atoms with Gasteiger partial charge in [-0.1, -0.05) is 28.1 Å². The minimum absolute atomic E-state index is 0.279. The third kappa shape index (κ3) is 1.33. The first-order valence-corrected chi connectivity index (χ1v) is 5.00. The summed E-state index contributed by atoms with van der Waals surface area (Å²) >= 11 is 3.58. The Balaban J connectivity index is 2.58. The van der Waals surface area contributed by atoms with Crippen LogP contribution in [0.15, 0.2) is 40.3 Å². The number of rotatable bonds is 0. The zero-order valence-corrected chi connectivity index (χ0v) is 9.30. The van der Waals surface area contributed by atoms with Gasteiger partial charge in [-0.3, -0.25) is 0 Å². The van der Waals surface area contributed by atoms with Gasteiger partial charge in [0.25, 0.3) is 0 Å². The molecule has 2 rings (SSSR count). The lowest BCUT2D eigenvalue weighted by Gasteiger charge is -2.30. The summed E-state index contributed by atoms with van der Waals surface area (Å²) in [5.74, 6) is 0.785. The van der Waals surface area contributed by atoms with Crippen molar-refractivity contribution in [3.05, 3.63) is 35.3 Å². The van der Waals surface area contributed by atoms with E-state index in [1.807, 2.05) is 25.2 Å². The summed E-state index contributed by atoms with van der Waals surface area (Å²) in [7, 11) is 0. The third-order valence-corrected chi connectivity index (χ3v) is 2.85. The van der Waals surface area contributed by atoms with Crippen LogP contribution in [0.25, 0.3) is 0 Å². The van der Waals surface area contributed by atoms with Crippen molar-refractivity contribution in [2.45, 2.75) is 11.2 Å². The maximum atomic E-state index is 5.82. The SMILES string of the molecule is CC1(Br)C=CC=C2NC(N)=NC(N)=C21. The lowest BCUT2D eigenvalue weighted by molar-refractivity contribution is 0.855. The molecule has 5 N–H and O–H groups in total. The van der Waals surface area contributed by atoms with E-state index in [1.165, 1.54) is 0 Å². The molecule has 0 aromatic heterocycles. The molecule has 0 aromatic carbocycles. The van der Waals surface area contributed by atoms with Crippen molar-refractivity contribution in [2.75, 3.05) is 0 Å². The highest BCUT2D eigenvalue weighted by atomic mass is 79.9. The minimum atomic E-state index is -0.279. The van der Waals surface area contributed by atoms with Crippen molar-refractivity contribution in [2.24, 2.45) is 16.5 Å². The van der Waals surface area contributed by atoms with Crippen LogP contribution in [0.2, 0.25) is 0 Å². The van der Waals surface area contributed by atoms with Crippen molar-refractivity contribution in [1.82, 2.24) is 5.32 Å². The van der Waals surface area contributed by atoms with Gasteiger partial charge in [0.15, 0.2) is 5.96 Å². The van der Waals surface area contributed by atoms with E-state index in [4.69, 9.17) is 11.5 Å². The summed E-state index contributed by atoms with van der Waals surface area (Å²) < 4.78 is -0.279. The highest BCUT2D eigenvalue weighted by Gasteiger charge is 2.32. The number of alkyl halides is 1. The fraction of sp³-hybridized carbons (Fsp3) is 0.222. The van der Waals surface area contributed by atoms with Crippen molar-refractivity contribution < 1.29 is 0 Å². The van der Waals surface area contributed by atoms with Gasteiger partial charge < -0.3 is 16.8 Å². The van der Waals surface area contributed by atoms with Crippen LogP contribution in [0.1, 0.15) is 6.92 Å². The Kier molecular flexibility index (Phi) is 1.92. The van der Waals surface area contributed by atoms with E-state index < -0.39 is 0 Å². The van der Waals surface area contributed by atoms with Gasteiger partial charge in [-0.05, 0) is 13.0 Å². The van der Waals surface area contributed by atoms with Crippen LogP contribution in [0, 0.1) is 0 Å². The second kappa shape index (κ2) is 2.88. The average Bonchev–Trinajstić information content (AvgIpc) is 2.00. The largest absolute Gasteiger partial charge is 0.383 e. The fourth-order valence-corrected chi connectivity index (χ4v) is 2.17. The molecule has 1 unspecified atom stereocenters. The smallest absolute Gasteiger partial charge is 0.199 e. The topological polar surface area (TPSA) is 76.4 Å². The minimum Gasteiger partial charge on any atom is -0.383 e. The van der Waals surface area contributed by atoms with Crippen molar-refractivity contribution in [1.29, 1.82) is 0 Å². The Hall–Kier alpha value is -1.23. The highest BCUT2D eigenvalue weighted by Crippen LogP contribution is 2.37. The summed E-state index contributed by atoms with van der Waals surface area (Å²) in [6, 6.07) is 0. The van der Waals surface area contributed by atoms with Gasteiger partial charge in [0.05, 0.1) is 4.32 Å². The number of nitrogens with one attached hydrogen (secondary N) is 1. The van der Waals surface area contributed by atoms with Crippen LogP contribution in [-0.2, 0) is 0 Å². The molecule has 0 radical (unpaired) electrons. The number of nitrogens with zero attached hydrogens (tertiary/aromatic N) is 1. The maximum Gasteiger partial charge on any atom is 0.199 e. The van der Waals surface area contributed by atoms with E-state index in [1.54, 1.807) is 0 Å². The Bertz CT molecular complexity index is 401. The molecule has 2 aliphatic rings. The second-order valence-corrected chi connectivity index (χ2v) is 5.04. The quantitative estimate of drug-likeness (QED) is 0.557. The molecule has 0 spiro atoms. The molecule has 1 heterocycles. The number of halogens is 1. The molecule has 4 nitrogen and oxygen atoms in total. The number of nitrogens with two attached hydrogens (primary N) is 2. The molecule has 0 amide bonds. The van der Waals surface area contributed by atoms with E-state index in [0.717, 1.165) is 11.3 Å². The Labute approximate surface area is 90.6 Å².